The molecule has 0 aliphatic carbocycles. The van der Waals surface area contributed by atoms with Gasteiger partial charge >= 0.3 is 6.03 Å². The number of benzene rings is 2. The molecular weight excluding hydrogens is 389 g/mol. The molecule has 0 bridgehead atoms. The highest BCUT2D eigenvalue weighted by atomic mass is 35.5. The first-order valence-corrected chi connectivity index (χ1v) is 9.27. The standard InChI is InChI=1S/C19H19Cl2N3O3/c1-2-27-15-6-4-14(5-7-15)24-11-13(10-18(24)25)22-19(26)23-17-9-12(20)3-8-16(17)21/h3-9,13H,2,10-11H2,1H3,(H2,22,23,26)/t13-/m1/s1. The Kier molecular flexibility index (Phi) is 6.08. The number of anilines is 2. The summed E-state index contributed by atoms with van der Waals surface area (Å²) >= 11 is 12.0. The largest absolute Gasteiger partial charge is 0.494 e. The molecule has 2 aromatic carbocycles. The number of rotatable bonds is 5. The second kappa shape index (κ2) is 8.50. The number of halogens is 2. The van der Waals surface area contributed by atoms with Crippen molar-refractivity contribution in [2.45, 2.75) is 19.4 Å². The molecule has 6 nitrogen and oxygen atoms in total. The van der Waals surface area contributed by atoms with Crippen molar-refractivity contribution in [1.29, 1.82) is 0 Å². The Hall–Kier alpha value is -2.44. The lowest BCUT2D eigenvalue weighted by atomic mass is 10.2. The summed E-state index contributed by atoms with van der Waals surface area (Å²) in [6, 6.07) is 11.4. The van der Waals surface area contributed by atoms with Crippen molar-refractivity contribution in [3.05, 3.63) is 52.5 Å². The Bertz CT molecular complexity index is 843. The summed E-state index contributed by atoms with van der Waals surface area (Å²) in [5, 5.41) is 6.30. The zero-order chi connectivity index (χ0) is 19.4. The first-order valence-electron chi connectivity index (χ1n) is 8.52. The van der Waals surface area contributed by atoms with Gasteiger partial charge in [-0.3, -0.25) is 4.79 Å². The Labute approximate surface area is 167 Å². The third kappa shape index (κ3) is 4.84. The highest BCUT2D eigenvalue weighted by Gasteiger charge is 2.31. The van der Waals surface area contributed by atoms with E-state index in [-0.39, 0.29) is 18.4 Å². The maximum atomic E-state index is 12.3. The minimum absolute atomic E-state index is 0.0507. The van der Waals surface area contributed by atoms with Gasteiger partial charge in [0.2, 0.25) is 5.91 Å². The van der Waals surface area contributed by atoms with Crippen molar-refractivity contribution >= 4 is 46.5 Å². The normalized spacial score (nSPS) is 16.3. The number of ether oxygens (including phenoxy) is 1. The third-order valence-corrected chi connectivity index (χ3v) is 4.66. The van der Waals surface area contributed by atoms with Crippen LogP contribution in [0.1, 0.15) is 13.3 Å². The van der Waals surface area contributed by atoms with Crippen LogP contribution in [0.25, 0.3) is 0 Å². The predicted octanol–water partition coefficient (Wildman–Crippen LogP) is 4.32. The fourth-order valence-electron chi connectivity index (χ4n) is 2.88. The molecule has 2 N–H and O–H groups in total. The molecule has 142 valence electrons. The second-order valence-corrected chi connectivity index (χ2v) is 6.90. The summed E-state index contributed by atoms with van der Waals surface area (Å²) < 4.78 is 5.41. The fraction of sp³-hybridized carbons (Fsp3) is 0.263. The summed E-state index contributed by atoms with van der Waals surface area (Å²) in [7, 11) is 0. The number of carbonyl (C=O) groups is 2. The quantitative estimate of drug-likeness (QED) is 0.774. The molecule has 0 aromatic heterocycles. The number of carbonyl (C=O) groups excluding carboxylic acids is 2. The van der Waals surface area contributed by atoms with Crippen LogP contribution < -0.4 is 20.3 Å². The van der Waals surface area contributed by atoms with Crippen molar-refractivity contribution in [3.63, 3.8) is 0 Å². The van der Waals surface area contributed by atoms with E-state index in [2.05, 4.69) is 10.6 Å². The van der Waals surface area contributed by atoms with Gasteiger partial charge < -0.3 is 20.3 Å². The van der Waals surface area contributed by atoms with E-state index in [1.54, 1.807) is 23.1 Å². The monoisotopic (exact) mass is 407 g/mol. The molecule has 1 aliphatic rings. The summed E-state index contributed by atoms with van der Waals surface area (Å²) in [5.74, 6) is 0.700. The van der Waals surface area contributed by atoms with Crippen molar-refractivity contribution < 1.29 is 14.3 Å². The van der Waals surface area contributed by atoms with Crippen LogP contribution >= 0.6 is 23.2 Å². The number of nitrogens with one attached hydrogen (secondary N) is 2. The van der Waals surface area contributed by atoms with Gasteiger partial charge in [0.05, 0.1) is 23.4 Å². The summed E-state index contributed by atoms with van der Waals surface area (Å²) in [5.41, 5.74) is 1.18. The SMILES string of the molecule is CCOc1ccc(N2C[C@H](NC(=O)Nc3cc(Cl)ccc3Cl)CC2=O)cc1. The van der Waals surface area contributed by atoms with Gasteiger partial charge in [-0.05, 0) is 49.4 Å². The van der Waals surface area contributed by atoms with Gasteiger partial charge in [0.15, 0.2) is 0 Å². The Morgan fingerprint density at radius 3 is 2.67 bits per heavy atom. The molecule has 3 amide bonds. The van der Waals surface area contributed by atoms with Crippen molar-refractivity contribution in [2.75, 3.05) is 23.4 Å². The van der Waals surface area contributed by atoms with Gasteiger partial charge in [-0.15, -0.1) is 0 Å². The van der Waals surface area contributed by atoms with Gasteiger partial charge in [0.1, 0.15) is 5.75 Å². The van der Waals surface area contributed by atoms with E-state index in [1.165, 1.54) is 0 Å². The van der Waals surface area contributed by atoms with Crippen LogP contribution in [0, 0.1) is 0 Å². The van der Waals surface area contributed by atoms with Crippen LogP contribution in [0.3, 0.4) is 0 Å². The number of amides is 3. The Balaban J connectivity index is 1.60. The van der Waals surface area contributed by atoms with E-state index >= 15 is 0 Å². The molecule has 2 aromatic rings. The van der Waals surface area contributed by atoms with E-state index in [0.717, 1.165) is 11.4 Å². The summed E-state index contributed by atoms with van der Waals surface area (Å²) in [4.78, 5) is 26.2. The zero-order valence-corrected chi connectivity index (χ0v) is 16.2. The smallest absolute Gasteiger partial charge is 0.319 e. The molecule has 1 fully saturated rings. The van der Waals surface area contributed by atoms with Crippen LogP contribution in [0.4, 0.5) is 16.2 Å². The summed E-state index contributed by atoms with van der Waals surface area (Å²) in [6.07, 6.45) is 0.226. The fourth-order valence-corrected chi connectivity index (χ4v) is 3.22. The molecule has 3 rings (SSSR count). The maximum absolute atomic E-state index is 12.3. The first-order chi connectivity index (χ1) is 13.0. The highest BCUT2D eigenvalue weighted by Crippen LogP contribution is 2.26. The molecule has 1 saturated heterocycles. The average Bonchev–Trinajstić information content (AvgIpc) is 2.99. The maximum Gasteiger partial charge on any atom is 0.319 e. The molecule has 0 saturated carbocycles. The van der Waals surface area contributed by atoms with E-state index in [0.29, 0.717) is 28.9 Å². The molecule has 27 heavy (non-hydrogen) atoms. The number of hydrogen-bond acceptors (Lipinski definition) is 3. The Morgan fingerprint density at radius 2 is 1.96 bits per heavy atom. The van der Waals surface area contributed by atoms with Crippen molar-refractivity contribution in [3.8, 4) is 5.75 Å². The summed E-state index contributed by atoms with van der Waals surface area (Å²) in [6.45, 7) is 2.89. The number of nitrogens with zero attached hydrogens (tertiary/aromatic N) is 1. The molecule has 1 heterocycles. The predicted molar refractivity (Wildman–Crippen MR) is 107 cm³/mol. The molecular formula is C19H19Cl2N3O3. The second-order valence-electron chi connectivity index (χ2n) is 6.05. The van der Waals surface area contributed by atoms with Crippen molar-refractivity contribution in [2.24, 2.45) is 0 Å². The minimum atomic E-state index is -0.439. The number of hydrogen-bond donors (Lipinski definition) is 2. The lowest BCUT2D eigenvalue weighted by molar-refractivity contribution is -0.117. The molecule has 0 spiro atoms. The first kappa shape index (κ1) is 19.3. The van der Waals surface area contributed by atoms with Gasteiger partial charge in [0, 0.05) is 23.7 Å². The van der Waals surface area contributed by atoms with Gasteiger partial charge in [-0.1, -0.05) is 23.2 Å². The van der Waals surface area contributed by atoms with Gasteiger partial charge in [0.25, 0.3) is 0 Å². The lowest BCUT2D eigenvalue weighted by Crippen LogP contribution is -2.39. The van der Waals surface area contributed by atoms with E-state index in [4.69, 9.17) is 27.9 Å². The molecule has 1 aliphatic heterocycles. The zero-order valence-electron chi connectivity index (χ0n) is 14.7. The van der Waals surface area contributed by atoms with Crippen LogP contribution in [-0.4, -0.2) is 31.1 Å². The van der Waals surface area contributed by atoms with Gasteiger partial charge in [-0.2, -0.15) is 0 Å². The minimum Gasteiger partial charge on any atom is -0.494 e. The topological polar surface area (TPSA) is 70.7 Å². The van der Waals surface area contributed by atoms with E-state index in [1.807, 2.05) is 31.2 Å². The van der Waals surface area contributed by atoms with Crippen LogP contribution in [0.2, 0.25) is 10.0 Å². The molecule has 0 radical (unpaired) electrons. The highest BCUT2D eigenvalue weighted by molar-refractivity contribution is 6.35. The molecule has 1 atom stereocenters. The lowest BCUT2D eigenvalue weighted by Gasteiger charge is -2.18. The average molecular weight is 408 g/mol. The Morgan fingerprint density at radius 1 is 1.22 bits per heavy atom. The number of urea groups is 1. The van der Waals surface area contributed by atoms with Crippen molar-refractivity contribution in [1.82, 2.24) is 5.32 Å². The van der Waals surface area contributed by atoms with Crippen LogP contribution in [0.5, 0.6) is 5.75 Å². The van der Waals surface area contributed by atoms with E-state index < -0.39 is 6.03 Å². The van der Waals surface area contributed by atoms with Gasteiger partial charge in [-0.25, -0.2) is 4.79 Å². The van der Waals surface area contributed by atoms with Crippen LogP contribution in [-0.2, 0) is 4.79 Å². The van der Waals surface area contributed by atoms with Crippen LogP contribution in [0.15, 0.2) is 42.5 Å². The third-order valence-electron chi connectivity index (χ3n) is 4.10. The van der Waals surface area contributed by atoms with E-state index in [9.17, 15) is 9.59 Å². The molecule has 0 unspecified atom stereocenters. The molecule has 8 heteroatoms.